The van der Waals surface area contributed by atoms with Crippen molar-refractivity contribution in [2.75, 3.05) is 0 Å². The summed E-state index contributed by atoms with van der Waals surface area (Å²) in [7, 11) is 0. The van der Waals surface area contributed by atoms with Gasteiger partial charge in [-0.25, -0.2) is 0 Å². The molecule has 0 aliphatic rings. The van der Waals surface area contributed by atoms with Gasteiger partial charge in [-0.1, -0.05) is 57.4 Å². The number of allylic oxidation sites excluding steroid dienone is 1. The molecule has 0 atom stereocenters. The van der Waals surface area contributed by atoms with Crippen molar-refractivity contribution in [2.24, 2.45) is 0 Å². The fourth-order valence-corrected chi connectivity index (χ4v) is 1.98. The Balaban J connectivity index is 2.94. The van der Waals surface area contributed by atoms with Gasteiger partial charge in [0.1, 0.15) is 0 Å². The van der Waals surface area contributed by atoms with E-state index in [4.69, 9.17) is 5.11 Å². The second-order valence-electron chi connectivity index (χ2n) is 4.76. The Bertz CT molecular complexity index is 187. The maximum absolute atomic E-state index is 10.3. The second kappa shape index (κ2) is 13.3. The highest BCUT2D eigenvalue weighted by Gasteiger charge is 1.96. The van der Waals surface area contributed by atoms with Crippen LogP contribution in [0.3, 0.4) is 0 Å². The summed E-state index contributed by atoms with van der Waals surface area (Å²) in [6, 6.07) is 0. The SMILES string of the molecule is C=CCCCCCCCCCCCCC(=O)O. The molecule has 0 saturated carbocycles. The quantitative estimate of drug-likeness (QED) is 0.366. The first-order valence-electron chi connectivity index (χ1n) is 7.10. The van der Waals surface area contributed by atoms with Crippen molar-refractivity contribution in [3.05, 3.63) is 12.7 Å². The van der Waals surface area contributed by atoms with Gasteiger partial charge in [-0.15, -0.1) is 6.58 Å². The van der Waals surface area contributed by atoms with Crippen LogP contribution >= 0.6 is 0 Å². The molecule has 0 radical (unpaired) electrons. The first-order valence-corrected chi connectivity index (χ1v) is 7.10. The van der Waals surface area contributed by atoms with Crippen LogP contribution in [-0.2, 0) is 4.79 Å². The molecule has 0 aliphatic carbocycles. The molecular formula is C15H28O2. The highest BCUT2D eigenvalue weighted by molar-refractivity contribution is 5.66. The number of hydrogen-bond donors (Lipinski definition) is 1. The highest BCUT2D eigenvalue weighted by atomic mass is 16.4. The first-order chi connectivity index (χ1) is 8.27. The standard InChI is InChI=1S/C15H28O2/c1-2-3-4-5-6-7-8-9-10-11-12-13-14-15(16)17/h2H,1,3-14H2,(H,16,17). The van der Waals surface area contributed by atoms with Crippen molar-refractivity contribution >= 4 is 5.97 Å². The zero-order valence-corrected chi connectivity index (χ0v) is 11.1. The zero-order valence-electron chi connectivity index (χ0n) is 11.1. The Kier molecular flexibility index (Phi) is 12.7. The smallest absolute Gasteiger partial charge is 0.303 e. The molecule has 0 saturated heterocycles. The van der Waals surface area contributed by atoms with Crippen molar-refractivity contribution in [2.45, 2.75) is 77.0 Å². The molecule has 0 aliphatic heterocycles. The molecule has 0 bridgehead atoms. The number of unbranched alkanes of at least 4 members (excludes halogenated alkanes) is 10. The number of carboxylic acids is 1. The average Bonchev–Trinajstić information content (AvgIpc) is 2.30. The van der Waals surface area contributed by atoms with E-state index in [0.29, 0.717) is 6.42 Å². The van der Waals surface area contributed by atoms with Crippen LogP contribution in [0, 0.1) is 0 Å². The Morgan fingerprint density at radius 1 is 0.824 bits per heavy atom. The van der Waals surface area contributed by atoms with E-state index >= 15 is 0 Å². The van der Waals surface area contributed by atoms with Gasteiger partial charge in [0.15, 0.2) is 0 Å². The predicted molar refractivity (Wildman–Crippen MR) is 73.2 cm³/mol. The summed E-state index contributed by atoms with van der Waals surface area (Å²) < 4.78 is 0. The lowest BCUT2D eigenvalue weighted by Gasteiger charge is -2.01. The topological polar surface area (TPSA) is 37.3 Å². The minimum absolute atomic E-state index is 0.337. The number of carbonyl (C=O) groups is 1. The molecule has 100 valence electrons. The van der Waals surface area contributed by atoms with Crippen LogP contribution in [0.1, 0.15) is 77.0 Å². The maximum Gasteiger partial charge on any atom is 0.303 e. The van der Waals surface area contributed by atoms with E-state index in [1.807, 2.05) is 6.08 Å². The van der Waals surface area contributed by atoms with Crippen LogP contribution in [0.5, 0.6) is 0 Å². The lowest BCUT2D eigenvalue weighted by Crippen LogP contribution is -1.93. The van der Waals surface area contributed by atoms with Gasteiger partial charge in [-0.3, -0.25) is 4.79 Å². The molecule has 0 amide bonds. The molecule has 17 heavy (non-hydrogen) atoms. The molecule has 0 rings (SSSR count). The van der Waals surface area contributed by atoms with Crippen LogP contribution in [0.25, 0.3) is 0 Å². The minimum atomic E-state index is -0.662. The van der Waals surface area contributed by atoms with Gasteiger partial charge in [0.25, 0.3) is 0 Å². The summed E-state index contributed by atoms with van der Waals surface area (Å²) >= 11 is 0. The fraction of sp³-hybridized carbons (Fsp3) is 0.800. The zero-order chi connectivity index (χ0) is 12.8. The van der Waals surface area contributed by atoms with Crippen molar-refractivity contribution in [1.82, 2.24) is 0 Å². The van der Waals surface area contributed by atoms with E-state index in [9.17, 15) is 4.79 Å². The van der Waals surface area contributed by atoms with Crippen LogP contribution in [0.2, 0.25) is 0 Å². The number of hydrogen-bond acceptors (Lipinski definition) is 1. The third-order valence-corrected chi connectivity index (χ3v) is 3.05. The Labute approximate surface area is 106 Å². The number of rotatable bonds is 13. The predicted octanol–water partition coefficient (Wildman–Crippen LogP) is 4.94. The molecule has 0 spiro atoms. The van der Waals surface area contributed by atoms with Crippen LogP contribution in [-0.4, -0.2) is 11.1 Å². The van der Waals surface area contributed by atoms with Crippen LogP contribution in [0.15, 0.2) is 12.7 Å². The highest BCUT2D eigenvalue weighted by Crippen LogP contribution is 2.11. The molecule has 0 fully saturated rings. The van der Waals surface area contributed by atoms with E-state index in [0.717, 1.165) is 19.3 Å². The Morgan fingerprint density at radius 3 is 1.65 bits per heavy atom. The first kappa shape index (κ1) is 16.2. The van der Waals surface area contributed by atoms with Crippen molar-refractivity contribution < 1.29 is 9.90 Å². The lowest BCUT2D eigenvalue weighted by atomic mass is 10.1. The van der Waals surface area contributed by atoms with Gasteiger partial charge < -0.3 is 5.11 Å². The average molecular weight is 240 g/mol. The van der Waals surface area contributed by atoms with E-state index in [2.05, 4.69) is 6.58 Å². The molecule has 0 unspecified atom stereocenters. The molecule has 0 aromatic carbocycles. The van der Waals surface area contributed by atoms with Gasteiger partial charge in [0, 0.05) is 6.42 Å². The summed E-state index contributed by atoms with van der Waals surface area (Å²) in [5.41, 5.74) is 0. The fourth-order valence-electron chi connectivity index (χ4n) is 1.98. The van der Waals surface area contributed by atoms with Gasteiger partial charge in [-0.2, -0.15) is 0 Å². The van der Waals surface area contributed by atoms with Crippen molar-refractivity contribution in [3.63, 3.8) is 0 Å². The summed E-state index contributed by atoms with van der Waals surface area (Å²) in [6.07, 6.45) is 15.9. The molecule has 0 heterocycles. The molecule has 0 aromatic heterocycles. The Hall–Kier alpha value is -0.790. The normalized spacial score (nSPS) is 10.4. The summed E-state index contributed by atoms with van der Waals surface area (Å²) in [5.74, 6) is -0.662. The number of carboxylic acid groups (broad SMARTS) is 1. The van der Waals surface area contributed by atoms with E-state index in [1.54, 1.807) is 0 Å². The lowest BCUT2D eigenvalue weighted by molar-refractivity contribution is -0.137. The number of aliphatic carboxylic acids is 1. The summed E-state index contributed by atoms with van der Waals surface area (Å²) in [4.78, 5) is 10.3. The second-order valence-corrected chi connectivity index (χ2v) is 4.76. The van der Waals surface area contributed by atoms with Gasteiger partial charge >= 0.3 is 5.97 Å². The minimum Gasteiger partial charge on any atom is -0.481 e. The van der Waals surface area contributed by atoms with E-state index in [1.165, 1.54) is 51.4 Å². The maximum atomic E-state index is 10.3. The third kappa shape index (κ3) is 15.2. The van der Waals surface area contributed by atoms with Crippen molar-refractivity contribution in [1.29, 1.82) is 0 Å². The van der Waals surface area contributed by atoms with Crippen LogP contribution in [0.4, 0.5) is 0 Å². The van der Waals surface area contributed by atoms with E-state index < -0.39 is 5.97 Å². The largest absolute Gasteiger partial charge is 0.481 e. The van der Waals surface area contributed by atoms with Gasteiger partial charge in [0.2, 0.25) is 0 Å². The molecule has 2 nitrogen and oxygen atoms in total. The molecule has 0 aromatic rings. The monoisotopic (exact) mass is 240 g/mol. The van der Waals surface area contributed by atoms with E-state index in [-0.39, 0.29) is 0 Å². The molecular weight excluding hydrogens is 212 g/mol. The Morgan fingerprint density at radius 2 is 1.24 bits per heavy atom. The molecule has 2 heteroatoms. The van der Waals surface area contributed by atoms with Crippen LogP contribution < -0.4 is 0 Å². The van der Waals surface area contributed by atoms with Gasteiger partial charge in [0.05, 0.1) is 0 Å². The third-order valence-electron chi connectivity index (χ3n) is 3.05. The van der Waals surface area contributed by atoms with Crippen molar-refractivity contribution in [3.8, 4) is 0 Å². The molecule has 1 N–H and O–H groups in total. The van der Waals surface area contributed by atoms with Gasteiger partial charge in [-0.05, 0) is 19.3 Å². The summed E-state index contributed by atoms with van der Waals surface area (Å²) in [5, 5.41) is 8.47. The summed E-state index contributed by atoms with van der Waals surface area (Å²) in [6.45, 7) is 3.72.